The summed E-state index contributed by atoms with van der Waals surface area (Å²) in [5.41, 5.74) is 6.45. The van der Waals surface area contributed by atoms with Crippen molar-refractivity contribution in [1.29, 1.82) is 0 Å². The Kier molecular flexibility index (Phi) is 1.70. The van der Waals surface area contributed by atoms with Crippen LogP contribution in [-0.4, -0.2) is 43.3 Å². The molecule has 1 saturated carbocycles. The van der Waals surface area contributed by atoms with Crippen molar-refractivity contribution in [2.24, 2.45) is 11.1 Å². The average Bonchev–Trinajstić information content (AvgIpc) is 2.80. The summed E-state index contributed by atoms with van der Waals surface area (Å²) >= 11 is 0. The molecule has 1 aliphatic carbocycles. The zero-order valence-corrected chi connectivity index (χ0v) is 8.04. The van der Waals surface area contributed by atoms with Gasteiger partial charge in [-0.3, -0.25) is 4.90 Å². The Balaban J connectivity index is 1.54. The van der Waals surface area contributed by atoms with Gasteiger partial charge in [0.25, 0.3) is 0 Å². The van der Waals surface area contributed by atoms with Crippen molar-refractivity contribution < 1.29 is 4.74 Å². The quantitative estimate of drug-likeness (QED) is 0.629. The first kappa shape index (κ1) is 8.21. The predicted octanol–water partition coefficient (Wildman–Crippen LogP) is 0.198. The first-order valence-electron chi connectivity index (χ1n) is 5.37. The van der Waals surface area contributed by atoms with Crippen LogP contribution in [0.5, 0.6) is 0 Å². The van der Waals surface area contributed by atoms with Gasteiger partial charge in [-0.1, -0.05) is 0 Å². The number of nitrogens with zero attached hydrogens (tertiary/aromatic N) is 1. The van der Waals surface area contributed by atoms with Gasteiger partial charge in [0.15, 0.2) is 0 Å². The molecule has 2 saturated heterocycles. The zero-order valence-electron chi connectivity index (χ0n) is 8.04. The van der Waals surface area contributed by atoms with Crippen LogP contribution >= 0.6 is 0 Å². The SMILES string of the molecule is NC1CC1N1CC2(CCOCC2)C1. The Labute approximate surface area is 79.2 Å². The van der Waals surface area contributed by atoms with Gasteiger partial charge < -0.3 is 10.5 Å². The monoisotopic (exact) mass is 182 g/mol. The first-order chi connectivity index (χ1) is 6.29. The lowest BCUT2D eigenvalue weighted by Crippen LogP contribution is -2.59. The van der Waals surface area contributed by atoms with Gasteiger partial charge in [-0.2, -0.15) is 0 Å². The molecule has 3 nitrogen and oxygen atoms in total. The fourth-order valence-corrected chi connectivity index (χ4v) is 2.79. The van der Waals surface area contributed by atoms with Gasteiger partial charge in [-0.15, -0.1) is 0 Å². The van der Waals surface area contributed by atoms with E-state index in [1.54, 1.807) is 0 Å². The maximum absolute atomic E-state index is 5.83. The van der Waals surface area contributed by atoms with Gasteiger partial charge in [0.05, 0.1) is 0 Å². The minimum Gasteiger partial charge on any atom is -0.381 e. The molecular formula is C10H18N2O. The van der Waals surface area contributed by atoms with Gasteiger partial charge in [0, 0.05) is 43.8 Å². The molecule has 2 N–H and O–H groups in total. The Morgan fingerprint density at radius 3 is 2.38 bits per heavy atom. The van der Waals surface area contributed by atoms with Gasteiger partial charge in [0.2, 0.25) is 0 Å². The lowest BCUT2D eigenvalue weighted by Gasteiger charge is -2.52. The van der Waals surface area contributed by atoms with E-state index >= 15 is 0 Å². The van der Waals surface area contributed by atoms with Gasteiger partial charge in [-0.25, -0.2) is 0 Å². The van der Waals surface area contributed by atoms with Crippen LogP contribution in [0.25, 0.3) is 0 Å². The van der Waals surface area contributed by atoms with Crippen LogP contribution in [-0.2, 0) is 4.74 Å². The van der Waals surface area contributed by atoms with Crippen molar-refractivity contribution in [3.63, 3.8) is 0 Å². The molecule has 3 rings (SSSR count). The second kappa shape index (κ2) is 2.69. The van der Waals surface area contributed by atoms with Crippen LogP contribution in [0.1, 0.15) is 19.3 Å². The highest BCUT2D eigenvalue weighted by molar-refractivity contribution is 5.07. The molecular weight excluding hydrogens is 164 g/mol. The van der Waals surface area contributed by atoms with Crippen molar-refractivity contribution in [3.8, 4) is 0 Å². The van der Waals surface area contributed by atoms with Crippen LogP contribution in [0.4, 0.5) is 0 Å². The van der Waals surface area contributed by atoms with Crippen molar-refractivity contribution in [1.82, 2.24) is 4.90 Å². The maximum Gasteiger partial charge on any atom is 0.0472 e. The van der Waals surface area contributed by atoms with Crippen LogP contribution in [0, 0.1) is 5.41 Å². The number of likely N-dealkylation sites (tertiary alicyclic amines) is 1. The number of rotatable bonds is 1. The summed E-state index contributed by atoms with van der Waals surface area (Å²) in [5, 5.41) is 0. The number of ether oxygens (including phenoxy) is 1. The summed E-state index contributed by atoms with van der Waals surface area (Å²) in [7, 11) is 0. The number of hydrogen-bond donors (Lipinski definition) is 1. The fourth-order valence-electron chi connectivity index (χ4n) is 2.79. The lowest BCUT2D eigenvalue weighted by atomic mass is 9.73. The minimum absolute atomic E-state index is 0.484. The van der Waals surface area contributed by atoms with E-state index in [1.165, 1.54) is 32.4 Å². The van der Waals surface area contributed by atoms with Crippen LogP contribution < -0.4 is 5.73 Å². The van der Waals surface area contributed by atoms with E-state index in [4.69, 9.17) is 10.5 Å². The molecule has 0 bridgehead atoms. The smallest absolute Gasteiger partial charge is 0.0472 e. The Hall–Kier alpha value is -0.120. The largest absolute Gasteiger partial charge is 0.381 e. The van der Waals surface area contributed by atoms with Crippen LogP contribution in [0.3, 0.4) is 0 Å². The van der Waals surface area contributed by atoms with E-state index in [9.17, 15) is 0 Å². The highest BCUT2D eigenvalue weighted by Crippen LogP contribution is 2.44. The molecule has 0 aromatic heterocycles. The van der Waals surface area contributed by atoms with E-state index in [-0.39, 0.29) is 0 Å². The molecule has 74 valence electrons. The maximum atomic E-state index is 5.83. The molecule has 2 atom stereocenters. The van der Waals surface area contributed by atoms with E-state index in [2.05, 4.69) is 4.90 Å². The molecule has 1 spiro atoms. The standard InChI is InChI=1S/C10H18N2O/c11-8-5-9(8)12-6-10(7-12)1-3-13-4-2-10/h8-9H,1-7,11H2. The molecule has 3 aliphatic rings. The summed E-state index contributed by atoms with van der Waals surface area (Å²) in [6.45, 7) is 4.53. The molecule has 0 radical (unpaired) electrons. The van der Waals surface area contributed by atoms with Gasteiger partial charge in [0.1, 0.15) is 0 Å². The highest BCUT2D eigenvalue weighted by atomic mass is 16.5. The molecule has 2 unspecified atom stereocenters. The molecule has 0 amide bonds. The zero-order chi connectivity index (χ0) is 8.89. The highest BCUT2D eigenvalue weighted by Gasteiger charge is 2.51. The van der Waals surface area contributed by atoms with Crippen molar-refractivity contribution in [2.45, 2.75) is 31.3 Å². The Morgan fingerprint density at radius 1 is 1.23 bits per heavy atom. The third-order valence-corrected chi connectivity index (χ3v) is 3.90. The third-order valence-electron chi connectivity index (χ3n) is 3.90. The van der Waals surface area contributed by atoms with E-state index in [0.717, 1.165) is 19.3 Å². The molecule has 2 aliphatic heterocycles. The molecule has 3 fully saturated rings. The predicted molar refractivity (Wildman–Crippen MR) is 50.4 cm³/mol. The normalized spacial score (nSPS) is 43.2. The summed E-state index contributed by atoms with van der Waals surface area (Å²) in [5.74, 6) is 0. The molecule has 13 heavy (non-hydrogen) atoms. The molecule has 0 aromatic carbocycles. The third kappa shape index (κ3) is 1.30. The van der Waals surface area contributed by atoms with Crippen molar-refractivity contribution in [2.75, 3.05) is 26.3 Å². The summed E-state index contributed by atoms with van der Waals surface area (Å²) in [4.78, 5) is 2.57. The average molecular weight is 182 g/mol. The number of nitrogens with two attached hydrogens (primary N) is 1. The summed E-state index contributed by atoms with van der Waals surface area (Å²) in [6, 6.07) is 1.21. The first-order valence-corrected chi connectivity index (χ1v) is 5.37. The van der Waals surface area contributed by atoms with Crippen molar-refractivity contribution >= 4 is 0 Å². The summed E-state index contributed by atoms with van der Waals surface area (Å²) < 4.78 is 5.39. The molecule has 3 heteroatoms. The fraction of sp³-hybridized carbons (Fsp3) is 1.00. The minimum atomic E-state index is 0.484. The van der Waals surface area contributed by atoms with E-state index in [0.29, 0.717) is 11.5 Å². The molecule has 2 heterocycles. The van der Waals surface area contributed by atoms with E-state index < -0.39 is 0 Å². The Bertz CT molecular complexity index is 205. The second-order valence-corrected chi connectivity index (χ2v) is 4.98. The van der Waals surface area contributed by atoms with Crippen molar-refractivity contribution in [3.05, 3.63) is 0 Å². The van der Waals surface area contributed by atoms with Gasteiger partial charge >= 0.3 is 0 Å². The topological polar surface area (TPSA) is 38.5 Å². The Morgan fingerprint density at radius 2 is 1.85 bits per heavy atom. The lowest BCUT2D eigenvalue weighted by molar-refractivity contribution is -0.0844. The number of hydrogen-bond acceptors (Lipinski definition) is 3. The van der Waals surface area contributed by atoms with Gasteiger partial charge in [-0.05, 0) is 19.3 Å². The van der Waals surface area contributed by atoms with E-state index in [1.807, 2.05) is 0 Å². The summed E-state index contributed by atoms with van der Waals surface area (Å²) in [6.07, 6.45) is 3.77. The van der Waals surface area contributed by atoms with Crippen LogP contribution in [0.2, 0.25) is 0 Å². The van der Waals surface area contributed by atoms with Crippen LogP contribution in [0.15, 0.2) is 0 Å². The second-order valence-electron chi connectivity index (χ2n) is 4.98. The molecule has 0 aromatic rings.